The minimum absolute atomic E-state index is 0.167. The summed E-state index contributed by atoms with van der Waals surface area (Å²) < 4.78 is 13.1. The Morgan fingerprint density at radius 1 is 1.50 bits per heavy atom. The van der Waals surface area contributed by atoms with Crippen molar-refractivity contribution < 1.29 is 9.18 Å². The second-order valence-electron chi connectivity index (χ2n) is 3.53. The molecule has 0 fully saturated rings. The van der Waals surface area contributed by atoms with Crippen molar-refractivity contribution in [1.29, 1.82) is 0 Å². The van der Waals surface area contributed by atoms with Crippen molar-refractivity contribution in [2.24, 2.45) is 0 Å². The molecule has 2 nitrogen and oxygen atoms in total. The Morgan fingerprint density at radius 2 is 2.19 bits per heavy atom. The highest BCUT2D eigenvalue weighted by atomic mass is 35.5. The molecule has 16 heavy (non-hydrogen) atoms. The second kappa shape index (κ2) is 5.85. The van der Waals surface area contributed by atoms with E-state index < -0.39 is 5.82 Å². The number of carbonyl (C=O) groups is 1. The molecule has 0 saturated heterocycles. The monoisotopic (exact) mass is 243 g/mol. The molecule has 1 amide bonds. The van der Waals surface area contributed by atoms with E-state index in [0.717, 1.165) is 5.56 Å². The fraction of sp³-hybridized carbons (Fsp3) is 0.417. The van der Waals surface area contributed by atoms with Crippen molar-refractivity contribution in [3.8, 4) is 0 Å². The molecular formula is C12H15ClFNO. The molecule has 1 aromatic carbocycles. The van der Waals surface area contributed by atoms with E-state index in [0.29, 0.717) is 24.5 Å². The van der Waals surface area contributed by atoms with Crippen LogP contribution in [0.25, 0.3) is 0 Å². The lowest BCUT2D eigenvalue weighted by Crippen LogP contribution is -2.33. The van der Waals surface area contributed by atoms with Crippen LogP contribution in [-0.2, 0) is 0 Å². The van der Waals surface area contributed by atoms with Crippen molar-refractivity contribution in [3.63, 3.8) is 0 Å². The van der Waals surface area contributed by atoms with Crippen LogP contribution < -0.4 is 0 Å². The van der Waals surface area contributed by atoms with Gasteiger partial charge < -0.3 is 4.90 Å². The summed E-state index contributed by atoms with van der Waals surface area (Å²) in [6, 6.07) is 4.23. The van der Waals surface area contributed by atoms with Crippen LogP contribution in [0.1, 0.15) is 22.8 Å². The predicted molar refractivity (Wildman–Crippen MR) is 63.4 cm³/mol. The zero-order valence-corrected chi connectivity index (χ0v) is 10.2. The maximum atomic E-state index is 13.1. The van der Waals surface area contributed by atoms with Crippen LogP contribution in [0, 0.1) is 12.7 Å². The first-order valence-corrected chi connectivity index (χ1v) is 5.75. The van der Waals surface area contributed by atoms with E-state index >= 15 is 0 Å². The first kappa shape index (κ1) is 13.0. The van der Waals surface area contributed by atoms with Crippen LogP contribution >= 0.6 is 11.6 Å². The molecule has 0 radical (unpaired) electrons. The van der Waals surface area contributed by atoms with Crippen LogP contribution in [-0.4, -0.2) is 29.8 Å². The second-order valence-corrected chi connectivity index (χ2v) is 3.91. The minimum atomic E-state index is -0.393. The highest BCUT2D eigenvalue weighted by molar-refractivity contribution is 6.18. The lowest BCUT2D eigenvalue weighted by atomic mass is 10.1. The van der Waals surface area contributed by atoms with Gasteiger partial charge in [0.15, 0.2) is 0 Å². The van der Waals surface area contributed by atoms with Gasteiger partial charge in [0, 0.05) is 24.5 Å². The predicted octanol–water partition coefficient (Wildman–Crippen LogP) is 2.84. The van der Waals surface area contributed by atoms with Crippen molar-refractivity contribution >= 4 is 17.5 Å². The summed E-state index contributed by atoms with van der Waals surface area (Å²) in [5.41, 5.74) is 1.19. The third-order valence-electron chi connectivity index (χ3n) is 2.45. The number of halogens is 2. The third-order valence-corrected chi connectivity index (χ3v) is 2.62. The van der Waals surface area contributed by atoms with Crippen molar-refractivity contribution in [3.05, 3.63) is 35.1 Å². The molecular weight excluding hydrogens is 229 g/mol. The minimum Gasteiger partial charge on any atom is -0.338 e. The third kappa shape index (κ3) is 2.95. The summed E-state index contributed by atoms with van der Waals surface area (Å²) in [6.07, 6.45) is 0. The van der Waals surface area contributed by atoms with Crippen LogP contribution in [0.15, 0.2) is 18.2 Å². The van der Waals surface area contributed by atoms with E-state index in [1.54, 1.807) is 17.9 Å². The number of rotatable bonds is 4. The zero-order valence-electron chi connectivity index (χ0n) is 9.46. The largest absolute Gasteiger partial charge is 0.338 e. The van der Waals surface area contributed by atoms with Gasteiger partial charge in [-0.25, -0.2) is 4.39 Å². The number of carbonyl (C=O) groups excluding carboxylic acids is 1. The normalized spacial score (nSPS) is 10.2. The summed E-state index contributed by atoms with van der Waals surface area (Å²) in [5.74, 6) is -0.176. The number of nitrogens with zero attached hydrogens (tertiary/aromatic N) is 1. The van der Waals surface area contributed by atoms with Crippen LogP contribution in [0.2, 0.25) is 0 Å². The van der Waals surface area contributed by atoms with Gasteiger partial charge in [-0.05, 0) is 31.5 Å². The molecule has 0 saturated carbocycles. The number of amides is 1. The van der Waals surface area contributed by atoms with E-state index in [1.165, 1.54) is 12.1 Å². The highest BCUT2D eigenvalue weighted by Crippen LogP contribution is 2.13. The lowest BCUT2D eigenvalue weighted by molar-refractivity contribution is 0.0773. The Labute approximate surface area is 100 Å². The van der Waals surface area contributed by atoms with Gasteiger partial charge in [-0.3, -0.25) is 4.79 Å². The fourth-order valence-electron chi connectivity index (χ4n) is 1.50. The molecule has 0 aliphatic heterocycles. The van der Waals surface area contributed by atoms with Gasteiger partial charge in [-0.1, -0.05) is 6.07 Å². The van der Waals surface area contributed by atoms with E-state index in [9.17, 15) is 9.18 Å². The highest BCUT2D eigenvalue weighted by Gasteiger charge is 2.16. The van der Waals surface area contributed by atoms with Crippen molar-refractivity contribution in [2.75, 3.05) is 19.0 Å². The van der Waals surface area contributed by atoms with E-state index in [4.69, 9.17) is 11.6 Å². The Balaban J connectivity index is 2.98. The molecule has 0 heterocycles. The van der Waals surface area contributed by atoms with E-state index in [1.807, 2.05) is 6.92 Å². The molecule has 4 heteroatoms. The topological polar surface area (TPSA) is 20.3 Å². The van der Waals surface area contributed by atoms with Gasteiger partial charge >= 0.3 is 0 Å². The number of benzene rings is 1. The van der Waals surface area contributed by atoms with Crippen molar-refractivity contribution in [1.82, 2.24) is 4.90 Å². The van der Waals surface area contributed by atoms with Crippen LogP contribution in [0.3, 0.4) is 0 Å². The number of aryl methyl sites for hydroxylation is 1. The number of hydrogen-bond acceptors (Lipinski definition) is 1. The smallest absolute Gasteiger partial charge is 0.254 e. The van der Waals surface area contributed by atoms with Gasteiger partial charge in [0.05, 0.1) is 0 Å². The van der Waals surface area contributed by atoms with Crippen LogP contribution in [0.5, 0.6) is 0 Å². The molecule has 0 spiro atoms. The van der Waals surface area contributed by atoms with Crippen LogP contribution in [0.4, 0.5) is 4.39 Å². The van der Waals surface area contributed by atoms with E-state index in [2.05, 4.69) is 0 Å². The molecule has 0 aromatic heterocycles. The summed E-state index contributed by atoms with van der Waals surface area (Å²) in [7, 11) is 0. The molecule has 0 atom stereocenters. The quantitative estimate of drug-likeness (QED) is 0.745. The molecule has 0 aliphatic rings. The summed E-state index contributed by atoms with van der Waals surface area (Å²) in [6.45, 7) is 4.72. The zero-order chi connectivity index (χ0) is 12.1. The van der Waals surface area contributed by atoms with E-state index in [-0.39, 0.29) is 5.91 Å². The fourth-order valence-corrected chi connectivity index (χ4v) is 1.70. The lowest BCUT2D eigenvalue weighted by Gasteiger charge is -2.20. The van der Waals surface area contributed by atoms with Gasteiger partial charge in [0.2, 0.25) is 0 Å². The average molecular weight is 244 g/mol. The maximum Gasteiger partial charge on any atom is 0.254 e. The standard InChI is InChI=1S/C12H15ClFNO/c1-3-15(7-6-13)12(16)11-8-10(14)5-4-9(11)2/h4-5,8H,3,6-7H2,1-2H3. The number of alkyl halides is 1. The molecule has 0 unspecified atom stereocenters. The first-order chi connectivity index (χ1) is 7.60. The summed E-state index contributed by atoms with van der Waals surface area (Å²) in [4.78, 5) is 13.6. The van der Waals surface area contributed by atoms with Crippen molar-refractivity contribution in [2.45, 2.75) is 13.8 Å². The summed E-state index contributed by atoms with van der Waals surface area (Å²) >= 11 is 5.61. The Bertz CT molecular complexity index is 381. The Morgan fingerprint density at radius 3 is 2.75 bits per heavy atom. The molecule has 1 aromatic rings. The molecule has 88 valence electrons. The Kier molecular flexibility index (Phi) is 4.74. The Hall–Kier alpha value is -1.09. The SMILES string of the molecule is CCN(CCCl)C(=O)c1cc(F)ccc1C. The number of hydrogen-bond donors (Lipinski definition) is 0. The molecule has 1 rings (SSSR count). The first-order valence-electron chi connectivity index (χ1n) is 5.21. The average Bonchev–Trinajstić information content (AvgIpc) is 2.28. The molecule has 0 N–H and O–H groups in total. The van der Waals surface area contributed by atoms with Gasteiger partial charge in [0.25, 0.3) is 5.91 Å². The summed E-state index contributed by atoms with van der Waals surface area (Å²) in [5, 5.41) is 0. The van der Waals surface area contributed by atoms with Gasteiger partial charge in [0.1, 0.15) is 5.82 Å². The van der Waals surface area contributed by atoms with Gasteiger partial charge in [-0.15, -0.1) is 11.6 Å². The maximum absolute atomic E-state index is 13.1. The molecule has 0 bridgehead atoms. The molecule has 0 aliphatic carbocycles. The van der Waals surface area contributed by atoms with Gasteiger partial charge in [-0.2, -0.15) is 0 Å².